The van der Waals surface area contributed by atoms with Crippen LogP contribution in [0.1, 0.15) is 13.8 Å². The molecule has 0 spiro atoms. The van der Waals surface area contributed by atoms with Gasteiger partial charge in [-0.1, -0.05) is 6.92 Å². The summed E-state index contributed by atoms with van der Waals surface area (Å²) in [5, 5.41) is 8.90. The Morgan fingerprint density at radius 1 is 1.47 bits per heavy atom. The molecule has 0 bridgehead atoms. The topological polar surface area (TPSA) is 128 Å². The smallest absolute Gasteiger partial charge is 0.324 e. The van der Waals surface area contributed by atoms with Crippen LogP contribution in [0.2, 0.25) is 0 Å². The van der Waals surface area contributed by atoms with Gasteiger partial charge in [0.25, 0.3) is 0 Å². The first-order chi connectivity index (χ1) is 6.75. The molecule has 6 nitrogen and oxygen atoms in total. The van der Waals surface area contributed by atoms with Gasteiger partial charge < -0.3 is 22.3 Å². The molecule has 0 heterocycles. The van der Waals surface area contributed by atoms with Crippen molar-refractivity contribution in [3.63, 3.8) is 0 Å². The van der Waals surface area contributed by atoms with E-state index in [4.69, 9.17) is 22.3 Å². The minimum Gasteiger partial charge on any atom is -0.480 e. The summed E-state index contributed by atoms with van der Waals surface area (Å²) < 4.78 is 0. The summed E-state index contributed by atoms with van der Waals surface area (Å²) in [5.74, 6) is -0.649. The van der Waals surface area contributed by atoms with Gasteiger partial charge >= 0.3 is 5.97 Å². The number of nitrogens with two attached hydrogens (primary N) is 3. The minimum atomic E-state index is -1.21. The van der Waals surface area contributed by atoms with Gasteiger partial charge in [-0.3, -0.25) is 9.79 Å². The highest BCUT2D eigenvalue weighted by molar-refractivity contribution is 8.00. The average molecular weight is 307 g/mol. The van der Waals surface area contributed by atoms with E-state index in [2.05, 4.69) is 4.99 Å². The number of aliphatic carboxylic acids is 1. The van der Waals surface area contributed by atoms with Crippen LogP contribution in [0.15, 0.2) is 4.99 Å². The zero-order chi connectivity index (χ0) is 12.1. The molecule has 0 unspecified atom stereocenters. The molecule has 7 N–H and O–H groups in total. The number of halogens is 2. The van der Waals surface area contributed by atoms with Crippen molar-refractivity contribution in [3.8, 4) is 0 Å². The summed E-state index contributed by atoms with van der Waals surface area (Å²) in [5.41, 5.74) is 14.7. The van der Waals surface area contributed by atoms with Crippen molar-refractivity contribution >= 4 is 48.5 Å². The second kappa shape index (κ2) is 9.64. The summed E-state index contributed by atoms with van der Waals surface area (Å²) in [6, 6.07) is 0. The van der Waals surface area contributed by atoms with E-state index < -0.39 is 11.5 Å². The van der Waals surface area contributed by atoms with Gasteiger partial charge in [-0.25, -0.2) is 0 Å². The Bertz CT molecular complexity index is 260. The van der Waals surface area contributed by atoms with Crippen LogP contribution in [-0.4, -0.2) is 40.1 Å². The fourth-order valence-corrected chi connectivity index (χ4v) is 1.60. The monoisotopic (exact) mass is 306 g/mol. The number of rotatable bonds is 6. The molecule has 0 aromatic rings. The van der Waals surface area contributed by atoms with Gasteiger partial charge in [-0.15, -0.1) is 24.8 Å². The number of thioether (sulfide) groups is 1. The quantitative estimate of drug-likeness (QED) is 0.405. The molecule has 9 heteroatoms. The van der Waals surface area contributed by atoms with E-state index in [9.17, 15) is 4.79 Å². The molecule has 0 saturated heterocycles. The summed E-state index contributed by atoms with van der Waals surface area (Å²) >= 11 is 1.43. The number of aliphatic imine (C=N–C) groups is 1. The van der Waals surface area contributed by atoms with Gasteiger partial charge in [-0.2, -0.15) is 11.8 Å². The number of guanidine groups is 1. The lowest BCUT2D eigenvalue weighted by Crippen LogP contribution is -2.47. The fourth-order valence-electron chi connectivity index (χ4n) is 0.664. The number of nitrogens with zero attached hydrogens (tertiary/aromatic N) is 1. The molecule has 0 fully saturated rings. The largest absolute Gasteiger partial charge is 0.480 e. The van der Waals surface area contributed by atoms with E-state index in [1.807, 2.05) is 6.92 Å². The van der Waals surface area contributed by atoms with Crippen LogP contribution < -0.4 is 17.2 Å². The van der Waals surface area contributed by atoms with Crippen LogP contribution in [0.4, 0.5) is 0 Å². The predicted octanol–water partition coefficient (Wildman–Crippen LogP) is 0.0271. The first-order valence-electron chi connectivity index (χ1n) is 4.45. The van der Waals surface area contributed by atoms with Crippen molar-refractivity contribution in [1.82, 2.24) is 0 Å². The fraction of sp³-hybridized carbons (Fsp3) is 0.750. The SMILES string of the molecule is C[C@H](CN=C(N)N)SC[C@](C)(N)C(=O)O.Cl.Cl. The van der Waals surface area contributed by atoms with Crippen LogP contribution in [-0.2, 0) is 4.79 Å². The first-order valence-corrected chi connectivity index (χ1v) is 5.50. The third-order valence-corrected chi connectivity index (χ3v) is 3.17. The number of hydrogen-bond acceptors (Lipinski definition) is 4. The zero-order valence-corrected chi connectivity index (χ0v) is 12.2. The Balaban J connectivity index is -0.000000980. The molecule has 0 radical (unpaired) electrons. The van der Waals surface area contributed by atoms with Gasteiger partial charge in [0, 0.05) is 11.0 Å². The van der Waals surface area contributed by atoms with Crippen LogP contribution in [0.5, 0.6) is 0 Å². The molecule has 0 aliphatic heterocycles. The van der Waals surface area contributed by atoms with Crippen LogP contribution in [0.3, 0.4) is 0 Å². The second-order valence-electron chi connectivity index (χ2n) is 3.61. The van der Waals surface area contributed by atoms with Gasteiger partial charge in [-0.05, 0) is 6.92 Å². The lowest BCUT2D eigenvalue weighted by molar-refractivity contribution is -0.141. The van der Waals surface area contributed by atoms with Crippen LogP contribution >= 0.6 is 36.6 Å². The lowest BCUT2D eigenvalue weighted by atomic mass is 10.1. The molecule has 2 atom stereocenters. The molecule has 0 amide bonds. The highest BCUT2D eigenvalue weighted by Crippen LogP contribution is 2.16. The van der Waals surface area contributed by atoms with Gasteiger partial charge in [0.1, 0.15) is 5.54 Å². The molecule has 104 valence electrons. The molecular weight excluding hydrogens is 287 g/mol. The van der Waals surface area contributed by atoms with Crippen molar-refractivity contribution in [3.05, 3.63) is 0 Å². The summed E-state index contributed by atoms with van der Waals surface area (Å²) in [4.78, 5) is 14.5. The van der Waals surface area contributed by atoms with Crippen molar-refractivity contribution in [2.75, 3.05) is 12.3 Å². The summed E-state index contributed by atoms with van der Waals surface area (Å²) in [7, 11) is 0. The highest BCUT2D eigenvalue weighted by Gasteiger charge is 2.28. The van der Waals surface area contributed by atoms with E-state index in [1.165, 1.54) is 18.7 Å². The van der Waals surface area contributed by atoms with E-state index in [1.54, 1.807) is 0 Å². The predicted molar refractivity (Wildman–Crippen MR) is 77.3 cm³/mol. The summed E-state index contributed by atoms with van der Waals surface area (Å²) in [6.07, 6.45) is 0. The first kappa shape index (κ1) is 21.9. The van der Waals surface area contributed by atoms with Crippen molar-refractivity contribution in [2.24, 2.45) is 22.2 Å². The molecule has 0 saturated carbocycles. The van der Waals surface area contributed by atoms with E-state index in [0.29, 0.717) is 12.3 Å². The third kappa shape index (κ3) is 10.5. The van der Waals surface area contributed by atoms with Crippen LogP contribution in [0, 0.1) is 0 Å². The zero-order valence-electron chi connectivity index (χ0n) is 9.75. The highest BCUT2D eigenvalue weighted by atomic mass is 35.5. The van der Waals surface area contributed by atoms with Crippen molar-refractivity contribution < 1.29 is 9.90 Å². The molecular formula is C8H20Cl2N4O2S. The molecule has 0 aliphatic rings. The van der Waals surface area contributed by atoms with Crippen molar-refractivity contribution in [1.29, 1.82) is 0 Å². The number of carboxylic acids is 1. The normalized spacial score (nSPS) is 14.5. The second-order valence-corrected chi connectivity index (χ2v) is 5.04. The molecule has 0 aromatic heterocycles. The summed E-state index contributed by atoms with van der Waals surface area (Å²) in [6.45, 7) is 3.85. The molecule has 17 heavy (non-hydrogen) atoms. The lowest BCUT2D eigenvalue weighted by Gasteiger charge is -2.20. The van der Waals surface area contributed by atoms with Crippen LogP contribution in [0.25, 0.3) is 0 Å². The van der Waals surface area contributed by atoms with Gasteiger partial charge in [0.05, 0.1) is 6.54 Å². The van der Waals surface area contributed by atoms with E-state index >= 15 is 0 Å². The Kier molecular flexibility index (Phi) is 12.4. The molecule has 0 aliphatic carbocycles. The number of carbonyl (C=O) groups is 1. The average Bonchev–Trinajstić information content (AvgIpc) is 2.11. The Morgan fingerprint density at radius 2 is 1.94 bits per heavy atom. The maximum absolute atomic E-state index is 10.7. The molecule has 0 rings (SSSR count). The minimum absolute atomic E-state index is 0. The van der Waals surface area contributed by atoms with Gasteiger partial charge in [0.2, 0.25) is 0 Å². The maximum atomic E-state index is 10.7. The third-order valence-electron chi connectivity index (χ3n) is 1.69. The Labute approximate surface area is 118 Å². The number of carboxylic acid groups (broad SMARTS) is 1. The molecule has 0 aromatic carbocycles. The number of hydrogen-bond donors (Lipinski definition) is 4. The Morgan fingerprint density at radius 3 is 2.29 bits per heavy atom. The maximum Gasteiger partial charge on any atom is 0.324 e. The van der Waals surface area contributed by atoms with E-state index in [-0.39, 0.29) is 36.0 Å². The Hall–Kier alpha value is -0.370. The standard InChI is InChI=1S/C8H18N4O2S.2ClH/c1-5(3-12-7(9)10)15-4-8(2,11)6(13)14;;/h5H,3-4,11H2,1-2H3,(H,13,14)(H4,9,10,12);2*1H/t5-,8+;;/m1../s1. The van der Waals surface area contributed by atoms with Gasteiger partial charge in [0.15, 0.2) is 5.96 Å². The van der Waals surface area contributed by atoms with E-state index in [0.717, 1.165) is 0 Å². The van der Waals surface area contributed by atoms with Crippen molar-refractivity contribution in [2.45, 2.75) is 24.6 Å².